The monoisotopic (exact) mass is 331 g/mol. The van der Waals surface area contributed by atoms with Gasteiger partial charge in [-0.25, -0.2) is 14.4 Å². The summed E-state index contributed by atoms with van der Waals surface area (Å²) in [6, 6.07) is 7.20. The molecule has 2 N–H and O–H groups in total. The number of nitrogens with one attached hydrogen (secondary N) is 2. The Balaban J connectivity index is 2.01. The molecule has 0 spiro atoms. The van der Waals surface area contributed by atoms with Gasteiger partial charge in [0.25, 0.3) is 5.91 Å². The zero-order valence-electron chi connectivity index (χ0n) is 14.1. The van der Waals surface area contributed by atoms with E-state index < -0.39 is 0 Å². The average Bonchev–Trinajstić information content (AvgIpc) is 2.53. The number of halogens is 1. The molecule has 0 unspecified atom stereocenters. The molecule has 0 saturated carbocycles. The van der Waals surface area contributed by atoms with Crippen molar-refractivity contribution in [3.05, 3.63) is 47.5 Å². The minimum Gasteiger partial charge on any atom is -0.354 e. The van der Waals surface area contributed by atoms with E-state index >= 15 is 0 Å². The second kappa shape index (κ2) is 8.35. The summed E-state index contributed by atoms with van der Waals surface area (Å²) in [5.74, 6) is -0.281. The van der Waals surface area contributed by atoms with E-state index in [2.05, 4.69) is 25.5 Å². The summed E-state index contributed by atoms with van der Waals surface area (Å²) in [5, 5.41) is 5.82. The second-order valence-electron chi connectivity index (χ2n) is 5.76. The summed E-state index contributed by atoms with van der Waals surface area (Å²) in [4.78, 5) is 22.9. The number of anilines is 2. The normalized spacial score (nSPS) is 10.7. The fourth-order valence-electron chi connectivity index (χ4n) is 2.09. The van der Waals surface area contributed by atoms with E-state index in [1.54, 1.807) is 13.0 Å². The number of hydrogen-bond donors (Lipinski definition) is 2. The Hall–Kier alpha value is -2.54. The van der Waals surface area contributed by atoms with Crippen LogP contribution >= 0.6 is 0 Å². The van der Waals surface area contributed by atoms with Crippen molar-refractivity contribution in [3.8, 4) is 0 Å². The number of aryl methyl sites for hydroxylation is 1. The van der Waals surface area contributed by atoms with Gasteiger partial charge in [-0.1, -0.05) is 0 Å². The highest BCUT2D eigenvalue weighted by Crippen LogP contribution is 2.11. The Morgan fingerprint density at radius 2 is 1.92 bits per heavy atom. The van der Waals surface area contributed by atoms with Crippen molar-refractivity contribution in [3.63, 3.8) is 0 Å². The first-order valence-corrected chi connectivity index (χ1v) is 7.75. The van der Waals surface area contributed by atoms with Crippen LogP contribution in [0.2, 0.25) is 0 Å². The maximum Gasteiger partial charge on any atom is 0.274 e. The molecule has 7 heteroatoms. The van der Waals surface area contributed by atoms with Gasteiger partial charge >= 0.3 is 0 Å². The molecule has 128 valence electrons. The minimum atomic E-state index is -0.358. The van der Waals surface area contributed by atoms with Crippen molar-refractivity contribution in [1.82, 2.24) is 14.9 Å². The van der Waals surface area contributed by atoms with Gasteiger partial charge in [-0.2, -0.15) is 0 Å². The molecule has 24 heavy (non-hydrogen) atoms. The van der Waals surface area contributed by atoms with Gasteiger partial charge < -0.3 is 15.5 Å². The Morgan fingerprint density at radius 1 is 1.21 bits per heavy atom. The van der Waals surface area contributed by atoms with Crippen LogP contribution in [0.4, 0.5) is 16.0 Å². The molecule has 1 aromatic carbocycles. The van der Waals surface area contributed by atoms with Crippen LogP contribution in [0, 0.1) is 12.7 Å². The van der Waals surface area contributed by atoms with Crippen LogP contribution in [0.5, 0.6) is 0 Å². The summed E-state index contributed by atoms with van der Waals surface area (Å²) < 4.78 is 12.9. The molecule has 1 heterocycles. The minimum absolute atomic E-state index is 0.266. The predicted molar refractivity (Wildman–Crippen MR) is 92.8 cm³/mol. The maximum atomic E-state index is 12.9. The van der Waals surface area contributed by atoms with Crippen LogP contribution in [0.25, 0.3) is 0 Å². The lowest BCUT2D eigenvalue weighted by Crippen LogP contribution is -2.19. The molecule has 0 aliphatic carbocycles. The topological polar surface area (TPSA) is 70.2 Å². The molecule has 0 atom stereocenters. The molecule has 2 aromatic rings. The number of aromatic nitrogens is 2. The number of benzene rings is 1. The molecule has 1 aromatic heterocycles. The summed E-state index contributed by atoms with van der Waals surface area (Å²) >= 11 is 0. The highest BCUT2D eigenvalue weighted by atomic mass is 19.1. The third-order valence-electron chi connectivity index (χ3n) is 3.25. The lowest BCUT2D eigenvalue weighted by Gasteiger charge is -2.11. The number of carbonyl (C=O) groups excluding carboxylic acids is 1. The van der Waals surface area contributed by atoms with Crippen LogP contribution in [-0.4, -0.2) is 48.0 Å². The van der Waals surface area contributed by atoms with Crippen molar-refractivity contribution in [2.75, 3.05) is 37.8 Å². The van der Waals surface area contributed by atoms with Gasteiger partial charge in [0.2, 0.25) is 5.95 Å². The van der Waals surface area contributed by atoms with E-state index in [1.807, 2.05) is 14.1 Å². The van der Waals surface area contributed by atoms with Crippen molar-refractivity contribution in [2.24, 2.45) is 0 Å². The molecular formula is C17H22FN5O. The van der Waals surface area contributed by atoms with Crippen molar-refractivity contribution < 1.29 is 9.18 Å². The third kappa shape index (κ3) is 5.58. The van der Waals surface area contributed by atoms with Crippen LogP contribution in [0.3, 0.4) is 0 Å². The van der Waals surface area contributed by atoms with Gasteiger partial charge in [-0.15, -0.1) is 0 Å². The Labute approximate surface area is 141 Å². The molecule has 2 rings (SSSR count). The molecular weight excluding hydrogens is 309 g/mol. The fraction of sp³-hybridized carbons (Fsp3) is 0.353. The van der Waals surface area contributed by atoms with Gasteiger partial charge in [-0.3, -0.25) is 4.79 Å². The molecule has 1 amide bonds. The van der Waals surface area contributed by atoms with Gasteiger partial charge in [0.15, 0.2) is 0 Å². The van der Waals surface area contributed by atoms with Crippen LogP contribution < -0.4 is 10.6 Å². The number of amides is 1. The quantitative estimate of drug-likeness (QED) is 0.763. The summed E-state index contributed by atoms with van der Waals surface area (Å²) in [6.45, 7) is 3.48. The zero-order valence-corrected chi connectivity index (χ0v) is 14.1. The van der Waals surface area contributed by atoms with Crippen LogP contribution in [0.1, 0.15) is 22.6 Å². The largest absolute Gasteiger partial charge is 0.354 e. The Morgan fingerprint density at radius 3 is 2.58 bits per heavy atom. The van der Waals surface area contributed by atoms with Gasteiger partial charge in [0, 0.05) is 17.9 Å². The number of hydrogen-bond acceptors (Lipinski definition) is 5. The van der Waals surface area contributed by atoms with Crippen molar-refractivity contribution >= 4 is 17.5 Å². The van der Waals surface area contributed by atoms with E-state index in [0.717, 1.165) is 19.5 Å². The summed E-state index contributed by atoms with van der Waals surface area (Å²) in [7, 11) is 4.03. The van der Waals surface area contributed by atoms with Crippen LogP contribution in [0.15, 0.2) is 30.3 Å². The second-order valence-corrected chi connectivity index (χ2v) is 5.76. The standard InChI is InChI=1S/C17H22FN5O/c1-12-11-15(16(24)21-14-7-5-13(18)6-8-14)22-17(20-12)19-9-4-10-23(2)3/h5-8,11H,4,9-10H2,1-3H3,(H,21,24)(H,19,20,22). The lowest BCUT2D eigenvalue weighted by atomic mass is 10.3. The molecule has 6 nitrogen and oxygen atoms in total. The zero-order chi connectivity index (χ0) is 17.5. The fourth-order valence-corrected chi connectivity index (χ4v) is 2.09. The number of rotatable bonds is 7. The average molecular weight is 331 g/mol. The van der Waals surface area contributed by atoms with E-state index in [4.69, 9.17) is 0 Å². The molecule has 0 aliphatic heterocycles. The van der Waals surface area contributed by atoms with E-state index in [0.29, 0.717) is 17.3 Å². The Bertz CT molecular complexity index is 688. The van der Waals surface area contributed by atoms with Gasteiger partial charge in [0.05, 0.1) is 0 Å². The number of nitrogens with zero attached hydrogens (tertiary/aromatic N) is 3. The smallest absolute Gasteiger partial charge is 0.274 e. The molecule has 0 aliphatic rings. The highest BCUT2D eigenvalue weighted by Gasteiger charge is 2.11. The SMILES string of the molecule is Cc1cc(C(=O)Nc2ccc(F)cc2)nc(NCCCN(C)C)n1. The molecule has 0 bridgehead atoms. The van der Waals surface area contributed by atoms with Crippen LogP contribution in [-0.2, 0) is 0 Å². The molecule has 0 saturated heterocycles. The predicted octanol–water partition coefficient (Wildman–Crippen LogP) is 2.54. The molecule has 0 radical (unpaired) electrons. The Kier molecular flexibility index (Phi) is 6.20. The first-order valence-electron chi connectivity index (χ1n) is 7.75. The first kappa shape index (κ1) is 17.8. The van der Waals surface area contributed by atoms with E-state index in [-0.39, 0.29) is 17.4 Å². The molecule has 0 fully saturated rings. The third-order valence-corrected chi connectivity index (χ3v) is 3.25. The van der Waals surface area contributed by atoms with Gasteiger partial charge in [0.1, 0.15) is 11.5 Å². The number of carbonyl (C=O) groups is 1. The van der Waals surface area contributed by atoms with Crippen molar-refractivity contribution in [2.45, 2.75) is 13.3 Å². The first-order chi connectivity index (χ1) is 11.4. The summed E-state index contributed by atoms with van der Waals surface area (Å²) in [6.07, 6.45) is 0.946. The van der Waals surface area contributed by atoms with E-state index in [1.165, 1.54) is 24.3 Å². The van der Waals surface area contributed by atoms with Gasteiger partial charge in [-0.05, 0) is 64.3 Å². The summed E-state index contributed by atoms with van der Waals surface area (Å²) in [5.41, 5.74) is 1.48. The van der Waals surface area contributed by atoms with Crippen molar-refractivity contribution in [1.29, 1.82) is 0 Å². The van der Waals surface area contributed by atoms with E-state index in [9.17, 15) is 9.18 Å². The highest BCUT2D eigenvalue weighted by molar-refractivity contribution is 6.03. The maximum absolute atomic E-state index is 12.9. The lowest BCUT2D eigenvalue weighted by molar-refractivity contribution is 0.102.